The lowest BCUT2D eigenvalue weighted by molar-refractivity contribution is 0.0817. The van der Waals surface area contributed by atoms with Gasteiger partial charge in [-0.3, -0.25) is 9.59 Å². The fourth-order valence-electron chi connectivity index (χ4n) is 1.64. The average molecular weight is 257 g/mol. The maximum atomic E-state index is 12.0. The first-order valence-electron chi connectivity index (χ1n) is 5.47. The van der Waals surface area contributed by atoms with E-state index in [2.05, 4.69) is 0 Å². The molecule has 2 rings (SSSR count). The van der Waals surface area contributed by atoms with Crippen molar-refractivity contribution in [3.05, 3.63) is 53.6 Å². The Bertz CT molecular complexity index is 650. The van der Waals surface area contributed by atoms with Gasteiger partial charge in [-0.2, -0.15) is 0 Å². The number of carbonyl (C=O) groups is 2. The van der Waals surface area contributed by atoms with Crippen LogP contribution in [0.4, 0.5) is 5.69 Å². The molecule has 19 heavy (non-hydrogen) atoms. The maximum absolute atomic E-state index is 12.0. The minimum absolute atomic E-state index is 0.135. The van der Waals surface area contributed by atoms with Crippen LogP contribution in [0, 0.1) is 0 Å². The quantitative estimate of drug-likeness (QED) is 0.336. The van der Waals surface area contributed by atoms with E-state index in [1.807, 2.05) is 0 Å². The molecule has 5 nitrogen and oxygen atoms in total. The van der Waals surface area contributed by atoms with Gasteiger partial charge >= 0.3 is 0 Å². The van der Waals surface area contributed by atoms with E-state index in [4.69, 9.17) is 5.73 Å². The summed E-state index contributed by atoms with van der Waals surface area (Å²) in [6.07, 6.45) is 0. The summed E-state index contributed by atoms with van der Waals surface area (Å²) in [7, 11) is 0. The Balaban J connectivity index is 2.41. The highest BCUT2D eigenvalue weighted by Crippen LogP contribution is 2.34. The Hall–Kier alpha value is -2.82. The molecule has 0 radical (unpaired) electrons. The van der Waals surface area contributed by atoms with Crippen LogP contribution in [0.15, 0.2) is 42.5 Å². The van der Waals surface area contributed by atoms with Crippen LogP contribution in [0.1, 0.15) is 20.7 Å². The van der Waals surface area contributed by atoms with Crippen LogP contribution in [0.2, 0.25) is 0 Å². The van der Waals surface area contributed by atoms with Crippen molar-refractivity contribution < 1.29 is 19.8 Å². The normalized spacial score (nSPS) is 10.1. The molecule has 0 aliphatic heterocycles. The van der Waals surface area contributed by atoms with Crippen LogP contribution in [0.25, 0.3) is 0 Å². The molecule has 0 aliphatic carbocycles. The molecule has 0 amide bonds. The highest BCUT2D eigenvalue weighted by molar-refractivity contribution is 6.50. The summed E-state index contributed by atoms with van der Waals surface area (Å²) in [5.41, 5.74) is 5.31. The zero-order valence-electron chi connectivity index (χ0n) is 9.83. The molecular formula is C14H11NO4. The predicted molar refractivity (Wildman–Crippen MR) is 69.3 cm³/mol. The smallest absolute Gasteiger partial charge is 0.235 e. The number of anilines is 1. The zero-order valence-corrected chi connectivity index (χ0v) is 9.83. The first-order valence-corrected chi connectivity index (χ1v) is 5.47. The van der Waals surface area contributed by atoms with Crippen LogP contribution in [-0.4, -0.2) is 21.8 Å². The van der Waals surface area contributed by atoms with E-state index in [-0.39, 0.29) is 16.8 Å². The summed E-state index contributed by atoms with van der Waals surface area (Å²) in [5.74, 6) is -2.61. The lowest BCUT2D eigenvalue weighted by Crippen LogP contribution is -2.16. The summed E-state index contributed by atoms with van der Waals surface area (Å²) in [6, 6.07) is 10.3. The number of hydrogen-bond acceptors (Lipinski definition) is 5. The van der Waals surface area contributed by atoms with Gasteiger partial charge in [-0.15, -0.1) is 0 Å². The number of rotatable bonds is 3. The largest absolute Gasteiger partial charge is 0.504 e. The lowest BCUT2D eigenvalue weighted by atomic mass is 10.00. The highest BCUT2D eigenvalue weighted by Gasteiger charge is 2.22. The van der Waals surface area contributed by atoms with Crippen LogP contribution >= 0.6 is 0 Å². The molecule has 0 saturated heterocycles. The van der Waals surface area contributed by atoms with Gasteiger partial charge in [0.05, 0.1) is 11.3 Å². The molecule has 0 heterocycles. The standard InChI is InChI=1S/C14H11NO4/c15-11-9(6-7-10(16)14(11)19)13(18)12(17)8-4-2-1-3-5-8/h1-7,16,19H,15H2. The third-order valence-electron chi connectivity index (χ3n) is 2.68. The van der Waals surface area contributed by atoms with Gasteiger partial charge < -0.3 is 15.9 Å². The average Bonchev–Trinajstić information content (AvgIpc) is 2.44. The molecule has 0 spiro atoms. The van der Waals surface area contributed by atoms with Crippen LogP contribution in [0.5, 0.6) is 11.5 Å². The second-order valence-corrected chi connectivity index (χ2v) is 3.92. The number of nitrogens with two attached hydrogens (primary N) is 1. The number of phenols is 2. The first kappa shape index (κ1) is 12.6. The van der Waals surface area contributed by atoms with Crippen molar-refractivity contribution in [2.45, 2.75) is 0 Å². The van der Waals surface area contributed by atoms with Gasteiger partial charge in [0.15, 0.2) is 11.5 Å². The van der Waals surface area contributed by atoms with E-state index in [9.17, 15) is 19.8 Å². The first-order chi connectivity index (χ1) is 9.02. The van der Waals surface area contributed by atoms with Crippen LogP contribution in [0.3, 0.4) is 0 Å². The molecule has 2 aromatic rings. The molecule has 0 bridgehead atoms. The second kappa shape index (κ2) is 4.81. The van der Waals surface area contributed by atoms with Crippen molar-refractivity contribution in [2.24, 2.45) is 0 Å². The number of benzene rings is 2. The van der Waals surface area contributed by atoms with Gasteiger partial charge in [-0.1, -0.05) is 30.3 Å². The summed E-state index contributed by atoms with van der Waals surface area (Å²) < 4.78 is 0. The van der Waals surface area contributed by atoms with Gasteiger partial charge in [0.1, 0.15) is 0 Å². The second-order valence-electron chi connectivity index (χ2n) is 3.92. The molecule has 0 aliphatic rings. The molecule has 0 saturated carbocycles. The van der Waals surface area contributed by atoms with Crippen molar-refractivity contribution in [3.63, 3.8) is 0 Å². The molecule has 0 atom stereocenters. The molecule has 96 valence electrons. The highest BCUT2D eigenvalue weighted by atomic mass is 16.3. The van der Waals surface area contributed by atoms with E-state index >= 15 is 0 Å². The summed E-state index contributed by atoms with van der Waals surface area (Å²) in [6.45, 7) is 0. The van der Waals surface area contributed by atoms with Crippen LogP contribution in [-0.2, 0) is 0 Å². The Kier molecular flexibility index (Phi) is 3.20. The van der Waals surface area contributed by atoms with E-state index in [0.717, 1.165) is 6.07 Å². The van der Waals surface area contributed by atoms with Crippen molar-refractivity contribution in [3.8, 4) is 11.5 Å². The van der Waals surface area contributed by atoms with Gasteiger partial charge in [0.25, 0.3) is 0 Å². The summed E-state index contributed by atoms with van der Waals surface area (Å²) in [4.78, 5) is 24.0. The fourth-order valence-corrected chi connectivity index (χ4v) is 1.64. The molecule has 0 fully saturated rings. The summed E-state index contributed by atoms with van der Waals surface area (Å²) >= 11 is 0. The fraction of sp³-hybridized carbons (Fsp3) is 0. The third kappa shape index (κ3) is 2.26. The van der Waals surface area contributed by atoms with Crippen molar-refractivity contribution >= 4 is 17.3 Å². The van der Waals surface area contributed by atoms with Crippen molar-refractivity contribution in [2.75, 3.05) is 5.73 Å². The van der Waals surface area contributed by atoms with Gasteiger partial charge in [-0.05, 0) is 12.1 Å². The third-order valence-corrected chi connectivity index (χ3v) is 2.68. The van der Waals surface area contributed by atoms with E-state index in [1.165, 1.54) is 18.2 Å². The molecule has 0 unspecified atom stereocenters. The van der Waals surface area contributed by atoms with Gasteiger partial charge in [0.2, 0.25) is 11.6 Å². The number of nitrogen functional groups attached to an aromatic ring is 1. The minimum Gasteiger partial charge on any atom is -0.504 e. The Morgan fingerprint density at radius 3 is 2.16 bits per heavy atom. The molecule has 4 N–H and O–H groups in total. The SMILES string of the molecule is Nc1c(C(=O)C(=O)c2ccccc2)ccc(O)c1O. The Morgan fingerprint density at radius 2 is 1.53 bits per heavy atom. The number of Topliss-reactive ketones (excluding diaryl/α,β-unsaturated/α-hetero) is 2. The number of phenolic OH excluding ortho intramolecular Hbond substituents is 2. The lowest BCUT2D eigenvalue weighted by Gasteiger charge is -2.07. The van der Waals surface area contributed by atoms with E-state index in [0.29, 0.717) is 0 Å². The minimum atomic E-state index is -0.834. The zero-order chi connectivity index (χ0) is 14.0. The molecular weight excluding hydrogens is 246 g/mol. The summed E-state index contributed by atoms with van der Waals surface area (Å²) in [5, 5.41) is 18.7. The molecule has 2 aromatic carbocycles. The van der Waals surface area contributed by atoms with Crippen molar-refractivity contribution in [1.82, 2.24) is 0 Å². The van der Waals surface area contributed by atoms with Crippen LogP contribution < -0.4 is 5.73 Å². The number of ketones is 2. The number of carbonyl (C=O) groups excluding carboxylic acids is 2. The maximum Gasteiger partial charge on any atom is 0.235 e. The Morgan fingerprint density at radius 1 is 0.895 bits per heavy atom. The number of hydrogen-bond donors (Lipinski definition) is 3. The van der Waals surface area contributed by atoms with Crippen molar-refractivity contribution in [1.29, 1.82) is 0 Å². The predicted octanol–water partition coefficient (Wildman–Crippen LogP) is 1.75. The van der Waals surface area contributed by atoms with Gasteiger partial charge in [0, 0.05) is 5.56 Å². The monoisotopic (exact) mass is 257 g/mol. The molecule has 5 heteroatoms. The Labute approximate surface area is 108 Å². The topological polar surface area (TPSA) is 101 Å². The van der Waals surface area contributed by atoms with Gasteiger partial charge in [-0.25, -0.2) is 0 Å². The number of aromatic hydroxyl groups is 2. The van der Waals surface area contributed by atoms with E-state index < -0.39 is 23.1 Å². The van der Waals surface area contributed by atoms with E-state index in [1.54, 1.807) is 18.2 Å². The molecule has 0 aromatic heterocycles.